The lowest BCUT2D eigenvalue weighted by Crippen LogP contribution is -2.61. The predicted octanol–water partition coefficient (Wildman–Crippen LogP) is -2.48. The van der Waals surface area contributed by atoms with Crippen LogP contribution >= 0.6 is 0 Å². The molecule has 4 aromatic rings. The number of aliphatic hydroxyl groups excluding tert-OH is 1. The highest BCUT2D eigenvalue weighted by Crippen LogP contribution is 2.20. The summed E-state index contributed by atoms with van der Waals surface area (Å²) in [5.41, 5.74) is 13.8. The summed E-state index contributed by atoms with van der Waals surface area (Å²) in [5, 5.41) is 47.6. The highest BCUT2D eigenvalue weighted by atomic mass is 16.4. The number of para-hydroxylation sites is 1. The van der Waals surface area contributed by atoms with Crippen LogP contribution in [0, 0.1) is 5.92 Å². The van der Waals surface area contributed by atoms with E-state index < -0.39 is 139 Å². The van der Waals surface area contributed by atoms with E-state index in [1.54, 1.807) is 74.6 Å². The van der Waals surface area contributed by atoms with Crippen molar-refractivity contribution < 1.29 is 63.3 Å². The average Bonchev–Trinajstić information content (AvgIpc) is 4.01. The summed E-state index contributed by atoms with van der Waals surface area (Å²) in [6.07, 6.45) is 1.12. The number of aliphatic hydroxyl groups is 1. The number of amides is 8. The number of rotatable bonds is 29. The number of aromatic amines is 2. The lowest BCUT2D eigenvalue weighted by Gasteiger charge is -2.29. The van der Waals surface area contributed by atoms with Crippen LogP contribution in [0.15, 0.2) is 73.3 Å². The zero-order valence-electron chi connectivity index (χ0n) is 39.8. The third-order valence-electron chi connectivity index (χ3n) is 11.6. The van der Waals surface area contributed by atoms with Gasteiger partial charge in [0.25, 0.3) is 0 Å². The van der Waals surface area contributed by atoms with Crippen LogP contribution in [0.4, 0.5) is 0 Å². The monoisotopic (exact) mass is 1000 g/mol. The van der Waals surface area contributed by atoms with Crippen molar-refractivity contribution in [3.05, 3.63) is 90.1 Å². The first kappa shape index (κ1) is 56.4. The Balaban J connectivity index is 1.46. The van der Waals surface area contributed by atoms with Crippen LogP contribution in [0.25, 0.3) is 10.9 Å². The first-order valence-corrected chi connectivity index (χ1v) is 23.0. The van der Waals surface area contributed by atoms with Crippen LogP contribution in [0.2, 0.25) is 0 Å². The zero-order valence-corrected chi connectivity index (χ0v) is 39.8. The number of hydrogen-bond acceptors (Lipinski definition) is 13. The minimum absolute atomic E-state index is 0.0565. The van der Waals surface area contributed by atoms with Crippen molar-refractivity contribution in [2.75, 3.05) is 6.54 Å². The largest absolute Gasteiger partial charge is 0.481 e. The van der Waals surface area contributed by atoms with Crippen molar-refractivity contribution in [2.45, 2.75) is 114 Å². The van der Waals surface area contributed by atoms with Gasteiger partial charge >= 0.3 is 11.9 Å². The smallest absolute Gasteiger partial charge is 0.326 e. The number of imidazole rings is 1. The summed E-state index contributed by atoms with van der Waals surface area (Å²) < 4.78 is 0. The number of nitrogens with two attached hydrogens (primary N) is 2. The summed E-state index contributed by atoms with van der Waals surface area (Å²) >= 11 is 0. The SMILES string of the molecule is CC[C@H](C)[C@H](NC(=O)[C@@H](N)Cc1cnc[nH]1)C(=O)N[C@H](C(=O)N[C@@H](CC(=O)O)C(=O)NCC(=O)N[C@@H](CCC(N)=O)C(=O)N[C@@H](Cc1c[nH]c2ccccc12)C(=O)N[C@@H](Cc1ccccc1)C(=O)O)[C@@H](C)O. The number of carboxylic acid groups (broad SMARTS) is 2. The molecule has 0 radical (unpaired) electrons. The summed E-state index contributed by atoms with van der Waals surface area (Å²) in [6, 6.07) is 5.06. The fourth-order valence-corrected chi connectivity index (χ4v) is 7.40. The molecule has 0 spiro atoms. The molecule has 8 amide bonds. The van der Waals surface area contributed by atoms with Gasteiger partial charge in [-0.05, 0) is 36.5 Å². The first-order chi connectivity index (χ1) is 34.2. The van der Waals surface area contributed by atoms with Crippen molar-refractivity contribution in [3.63, 3.8) is 0 Å². The Hall–Kier alpha value is -8.19. The van der Waals surface area contributed by atoms with E-state index in [0.29, 0.717) is 34.1 Å². The van der Waals surface area contributed by atoms with Gasteiger partial charge < -0.3 is 74.0 Å². The molecule has 2 aromatic carbocycles. The first-order valence-electron chi connectivity index (χ1n) is 23.0. The molecule has 16 N–H and O–H groups in total. The van der Waals surface area contributed by atoms with Gasteiger partial charge in [-0.25, -0.2) is 9.78 Å². The van der Waals surface area contributed by atoms with E-state index in [2.05, 4.69) is 52.2 Å². The fourth-order valence-electron chi connectivity index (χ4n) is 7.40. The molecular weight excluding hydrogens is 941 g/mol. The van der Waals surface area contributed by atoms with E-state index in [1.807, 2.05) is 0 Å². The number of carbonyl (C=O) groups excluding carboxylic acids is 8. The van der Waals surface area contributed by atoms with Crippen LogP contribution in [-0.2, 0) is 67.2 Å². The Morgan fingerprint density at radius 2 is 1.31 bits per heavy atom. The maximum absolute atomic E-state index is 14.0. The van der Waals surface area contributed by atoms with E-state index in [1.165, 1.54) is 12.5 Å². The highest BCUT2D eigenvalue weighted by molar-refractivity contribution is 5.98. The molecule has 0 fully saturated rings. The third-order valence-corrected chi connectivity index (χ3v) is 11.6. The molecule has 9 atom stereocenters. The molecule has 0 aliphatic heterocycles. The molecular formula is C47H62N12O13. The van der Waals surface area contributed by atoms with Gasteiger partial charge in [0.05, 0.1) is 31.4 Å². The Bertz CT molecular complexity index is 2540. The number of H-pyrrole nitrogens is 2. The van der Waals surface area contributed by atoms with Gasteiger partial charge in [-0.2, -0.15) is 0 Å². The molecule has 0 saturated carbocycles. The van der Waals surface area contributed by atoms with E-state index in [-0.39, 0.29) is 19.3 Å². The van der Waals surface area contributed by atoms with Crippen LogP contribution in [-0.4, -0.2) is 144 Å². The Labute approximate surface area is 412 Å². The molecule has 2 heterocycles. The number of primary amides is 1. The average molecular weight is 1000 g/mol. The van der Waals surface area contributed by atoms with Crippen molar-refractivity contribution in [3.8, 4) is 0 Å². The number of carboxylic acids is 2. The van der Waals surface area contributed by atoms with E-state index in [9.17, 15) is 63.3 Å². The van der Waals surface area contributed by atoms with Gasteiger partial charge in [0, 0.05) is 54.7 Å². The molecule has 0 bridgehead atoms. The lowest BCUT2D eigenvalue weighted by molar-refractivity contribution is -0.142. The van der Waals surface area contributed by atoms with Gasteiger partial charge in [0.15, 0.2) is 0 Å². The second-order valence-electron chi connectivity index (χ2n) is 17.2. The summed E-state index contributed by atoms with van der Waals surface area (Å²) in [7, 11) is 0. The molecule has 0 aliphatic carbocycles. The van der Waals surface area contributed by atoms with Gasteiger partial charge in [0.1, 0.15) is 36.3 Å². The number of benzene rings is 2. The number of hydrogen-bond donors (Lipinski definition) is 14. The number of aromatic nitrogens is 3. The quantitative estimate of drug-likeness (QED) is 0.0268. The van der Waals surface area contributed by atoms with Gasteiger partial charge in [-0.3, -0.25) is 43.2 Å². The second-order valence-corrected chi connectivity index (χ2v) is 17.2. The van der Waals surface area contributed by atoms with Crippen LogP contribution < -0.4 is 48.7 Å². The standard InChI is InChI=1S/C47H62N12O13/c1-4-24(2)39(58-41(65)30(48)18-28-21-50-23-53-28)45(69)59-40(25(3)60)46(70)56-34(19-38(63)64)42(66)52-22-37(62)54-32(14-15-36(49)61)43(67)55-33(17-27-20-51-31-13-9-8-12-29(27)31)44(68)57-35(47(71)72)16-26-10-6-5-7-11-26/h5-13,20-21,23-25,30,32-35,39-40,51,60H,4,14-19,22,48H2,1-3H3,(H2,49,61)(H,50,53)(H,52,66)(H,54,62)(H,55,67)(H,56,70)(H,57,68)(H,58,65)(H,59,69)(H,63,64)(H,71,72)/t24-,25+,30-,32-,33-,34-,35-,39-,40-/m0/s1. The molecule has 72 heavy (non-hydrogen) atoms. The number of nitrogens with one attached hydrogen (secondary N) is 9. The maximum Gasteiger partial charge on any atom is 0.326 e. The van der Waals surface area contributed by atoms with E-state index in [4.69, 9.17) is 11.5 Å². The molecule has 25 nitrogen and oxygen atoms in total. The van der Waals surface area contributed by atoms with Gasteiger partial charge in [-0.1, -0.05) is 68.8 Å². The topological polar surface area (TPSA) is 412 Å². The zero-order chi connectivity index (χ0) is 53.1. The minimum atomic E-state index is -1.90. The Morgan fingerprint density at radius 3 is 1.93 bits per heavy atom. The normalized spacial score (nSPS) is 14.8. The van der Waals surface area contributed by atoms with Gasteiger partial charge in [0.2, 0.25) is 47.3 Å². The predicted molar refractivity (Wildman–Crippen MR) is 256 cm³/mol. The molecule has 4 rings (SSSR count). The second kappa shape index (κ2) is 27.3. The molecule has 0 saturated heterocycles. The third kappa shape index (κ3) is 17.3. The Morgan fingerprint density at radius 1 is 0.681 bits per heavy atom. The van der Waals surface area contributed by atoms with Crippen LogP contribution in [0.5, 0.6) is 0 Å². The Kier molecular flexibility index (Phi) is 21.4. The molecule has 2 aromatic heterocycles. The number of carbonyl (C=O) groups is 10. The summed E-state index contributed by atoms with van der Waals surface area (Å²) in [6.45, 7) is 3.59. The number of nitrogens with zero attached hydrogens (tertiary/aromatic N) is 1. The van der Waals surface area contributed by atoms with Crippen molar-refractivity contribution in [1.82, 2.24) is 52.2 Å². The number of aliphatic carboxylic acids is 2. The van der Waals surface area contributed by atoms with Crippen molar-refractivity contribution in [2.24, 2.45) is 17.4 Å². The summed E-state index contributed by atoms with van der Waals surface area (Å²) in [5.74, 6) is -11.3. The molecule has 0 unspecified atom stereocenters. The van der Waals surface area contributed by atoms with Gasteiger partial charge in [-0.15, -0.1) is 0 Å². The maximum atomic E-state index is 14.0. The minimum Gasteiger partial charge on any atom is -0.481 e. The van der Waals surface area contributed by atoms with Crippen molar-refractivity contribution >= 4 is 70.1 Å². The van der Waals surface area contributed by atoms with E-state index >= 15 is 0 Å². The number of fused-ring (bicyclic) bond motifs is 1. The van der Waals surface area contributed by atoms with Crippen LogP contribution in [0.1, 0.15) is 63.3 Å². The molecule has 0 aliphatic rings. The molecule has 25 heteroatoms. The van der Waals surface area contributed by atoms with Crippen LogP contribution in [0.3, 0.4) is 0 Å². The van der Waals surface area contributed by atoms with E-state index in [0.717, 1.165) is 6.92 Å². The lowest BCUT2D eigenvalue weighted by atomic mass is 9.97. The van der Waals surface area contributed by atoms with Crippen molar-refractivity contribution in [1.29, 1.82) is 0 Å². The fraction of sp³-hybridized carbons (Fsp3) is 0.426. The molecule has 388 valence electrons. The summed E-state index contributed by atoms with van der Waals surface area (Å²) in [4.78, 5) is 141. The highest BCUT2D eigenvalue weighted by Gasteiger charge is 2.36.